The Bertz CT molecular complexity index is 430. The third kappa shape index (κ3) is 4.47. The summed E-state index contributed by atoms with van der Waals surface area (Å²) in [5.74, 6) is 1.63. The van der Waals surface area contributed by atoms with Gasteiger partial charge in [-0.2, -0.15) is 0 Å². The van der Waals surface area contributed by atoms with Crippen LogP contribution in [0.3, 0.4) is 0 Å². The number of amides is 1. The number of hydrogen-bond donors (Lipinski definition) is 1. The molecule has 4 nitrogen and oxygen atoms in total. The molecule has 0 spiro atoms. The van der Waals surface area contributed by atoms with Crippen molar-refractivity contribution in [1.82, 2.24) is 4.90 Å². The minimum absolute atomic E-state index is 0.179. The molecule has 2 rings (SSSR count). The zero-order chi connectivity index (χ0) is 13.7. The number of benzene rings is 1. The summed E-state index contributed by atoms with van der Waals surface area (Å²) in [6.45, 7) is 4.13. The first kappa shape index (κ1) is 13.7. The fraction of sp³-hybridized carbons (Fsp3) is 0.533. The first-order chi connectivity index (χ1) is 9.19. The van der Waals surface area contributed by atoms with Crippen LogP contribution in [-0.4, -0.2) is 30.5 Å². The highest BCUT2D eigenvalue weighted by Gasteiger charge is 2.25. The number of nitrogen functional groups attached to an aromatic ring is 1. The average molecular weight is 262 g/mol. The van der Waals surface area contributed by atoms with E-state index in [1.165, 1.54) is 12.8 Å². The summed E-state index contributed by atoms with van der Waals surface area (Å²) in [6.07, 6.45) is 2.96. The summed E-state index contributed by atoms with van der Waals surface area (Å²) in [5, 5.41) is 0. The minimum atomic E-state index is 0.179. The third-order valence-corrected chi connectivity index (χ3v) is 3.35. The molecule has 0 bridgehead atoms. The van der Waals surface area contributed by atoms with E-state index in [1.54, 1.807) is 6.07 Å². The second-order valence-electron chi connectivity index (χ2n) is 5.05. The fourth-order valence-corrected chi connectivity index (χ4v) is 2.04. The molecule has 0 unspecified atom stereocenters. The molecule has 1 aromatic rings. The molecule has 1 aromatic carbocycles. The lowest BCUT2D eigenvalue weighted by molar-refractivity contribution is -0.131. The third-order valence-electron chi connectivity index (χ3n) is 3.35. The van der Waals surface area contributed by atoms with Crippen LogP contribution in [0.15, 0.2) is 24.3 Å². The summed E-state index contributed by atoms with van der Waals surface area (Å²) in [4.78, 5) is 13.9. The van der Waals surface area contributed by atoms with Gasteiger partial charge in [-0.05, 0) is 37.8 Å². The zero-order valence-corrected chi connectivity index (χ0v) is 11.5. The Labute approximate surface area is 114 Å². The predicted octanol–water partition coefficient (Wildman–Crippen LogP) is 2.30. The number of anilines is 1. The molecular formula is C15H22N2O2. The Morgan fingerprint density at radius 3 is 2.89 bits per heavy atom. The molecule has 0 aliphatic heterocycles. The molecule has 1 amide bonds. The maximum atomic E-state index is 12.0. The van der Waals surface area contributed by atoms with Crippen molar-refractivity contribution in [1.29, 1.82) is 0 Å². The van der Waals surface area contributed by atoms with Crippen LogP contribution in [0, 0.1) is 5.92 Å². The summed E-state index contributed by atoms with van der Waals surface area (Å²) in [7, 11) is 0. The van der Waals surface area contributed by atoms with Crippen LogP contribution in [-0.2, 0) is 4.79 Å². The van der Waals surface area contributed by atoms with Gasteiger partial charge in [0.2, 0.25) is 5.91 Å². The van der Waals surface area contributed by atoms with Crippen LogP contribution in [0.1, 0.15) is 26.2 Å². The minimum Gasteiger partial charge on any atom is -0.493 e. The summed E-state index contributed by atoms with van der Waals surface area (Å²) in [6, 6.07) is 7.28. The van der Waals surface area contributed by atoms with Gasteiger partial charge in [-0.1, -0.05) is 6.07 Å². The number of carbonyl (C=O) groups excluding carboxylic acids is 1. The number of nitrogens with zero attached hydrogens (tertiary/aromatic N) is 1. The van der Waals surface area contributed by atoms with E-state index >= 15 is 0 Å². The van der Waals surface area contributed by atoms with E-state index in [2.05, 4.69) is 0 Å². The smallest absolute Gasteiger partial charge is 0.225 e. The van der Waals surface area contributed by atoms with E-state index in [9.17, 15) is 4.79 Å². The predicted molar refractivity (Wildman–Crippen MR) is 75.9 cm³/mol. The van der Waals surface area contributed by atoms with Crippen LogP contribution in [0.25, 0.3) is 0 Å². The van der Waals surface area contributed by atoms with Crippen LogP contribution in [0.5, 0.6) is 5.75 Å². The fourth-order valence-electron chi connectivity index (χ4n) is 2.04. The van der Waals surface area contributed by atoms with Crippen LogP contribution in [0.4, 0.5) is 5.69 Å². The quantitative estimate of drug-likeness (QED) is 0.767. The van der Waals surface area contributed by atoms with Gasteiger partial charge in [-0.25, -0.2) is 0 Å². The van der Waals surface area contributed by atoms with E-state index in [0.29, 0.717) is 18.7 Å². The van der Waals surface area contributed by atoms with Crippen molar-refractivity contribution >= 4 is 11.6 Å². The van der Waals surface area contributed by atoms with Gasteiger partial charge >= 0.3 is 0 Å². The highest BCUT2D eigenvalue weighted by Crippen LogP contribution is 2.29. The Morgan fingerprint density at radius 2 is 2.26 bits per heavy atom. The van der Waals surface area contributed by atoms with Crippen molar-refractivity contribution in [2.75, 3.05) is 25.4 Å². The van der Waals surface area contributed by atoms with Gasteiger partial charge in [0.25, 0.3) is 0 Å². The van der Waals surface area contributed by atoms with Crippen molar-refractivity contribution in [3.05, 3.63) is 24.3 Å². The second-order valence-corrected chi connectivity index (χ2v) is 5.05. The van der Waals surface area contributed by atoms with Crippen LogP contribution >= 0.6 is 0 Å². The summed E-state index contributed by atoms with van der Waals surface area (Å²) < 4.78 is 5.55. The highest BCUT2D eigenvalue weighted by molar-refractivity contribution is 5.76. The van der Waals surface area contributed by atoms with Crippen LogP contribution in [0.2, 0.25) is 0 Å². The van der Waals surface area contributed by atoms with Gasteiger partial charge in [-0.15, -0.1) is 0 Å². The standard InChI is InChI=1S/C15H22N2O2/c1-2-17(11-12-6-7-12)15(18)8-9-19-14-5-3-4-13(16)10-14/h3-5,10,12H,2,6-9,11,16H2,1H3. The normalized spacial score (nSPS) is 14.2. The summed E-state index contributed by atoms with van der Waals surface area (Å²) >= 11 is 0. The lowest BCUT2D eigenvalue weighted by atomic mass is 10.3. The maximum absolute atomic E-state index is 12.0. The monoisotopic (exact) mass is 262 g/mol. The molecule has 1 aliphatic carbocycles. The topological polar surface area (TPSA) is 55.6 Å². The van der Waals surface area contributed by atoms with E-state index in [0.717, 1.165) is 24.8 Å². The Hall–Kier alpha value is -1.71. The maximum Gasteiger partial charge on any atom is 0.225 e. The molecule has 0 aromatic heterocycles. The van der Waals surface area contributed by atoms with Gasteiger partial charge < -0.3 is 15.4 Å². The molecule has 0 radical (unpaired) electrons. The molecule has 0 atom stereocenters. The lowest BCUT2D eigenvalue weighted by Crippen LogP contribution is -2.33. The molecule has 0 heterocycles. The van der Waals surface area contributed by atoms with E-state index in [4.69, 9.17) is 10.5 Å². The van der Waals surface area contributed by atoms with E-state index in [1.807, 2.05) is 30.0 Å². The molecule has 104 valence electrons. The number of ether oxygens (including phenoxy) is 1. The van der Waals surface area contributed by atoms with E-state index < -0.39 is 0 Å². The highest BCUT2D eigenvalue weighted by atomic mass is 16.5. The van der Waals surface area contributed by atoms with Crippen molar-refractivity contribution in [3.63, 3.8) is 0 Å². The zero-order valence-electron chi connectivity index (χ0n) is 11.5. The van der Waals surface area contributed by atoms with Crippen molar-refractivity contribution in [2.24, 2.45) is 5.92 Å². The molecule has 1 saturated carbocycles. The van der Waals surface area contributed by atoms with Crippen LogP contribution < -0.4 is 10.5 Å². The number of nitrogens with two attached hydrogens (primary N) is 1. The van der Waals surface area contributed by atoms with Gasteiger partial charge in [0.15, 0.2) is 0 Å². The SMILES string of the molecule is CCN(CC1CC1)C(=O)CCOc1cccc(N)c1. The summed E-state index contributed by atoms with van der Waals surface area (Å²) in [5.41, 5.74) is 6.34. The van der Waals surface area contributed by atoms with Crippen molar-refractivity contribution in [3.8, 4) is 5.75 Å². The largest absolute Gasteiger partial charge is 0.493 e. The molecule has 19 heavy (non-hydrogen) atoms. The number of hydrogen-bond acceptors (Lipinski definition) is 3. The van der Waals surface area contributed by atoms with Gasteiger partial charge in [0.05, 0.1) is 13.0 Å². The number of carbonyl (C=O) groups is 1. The van der Waals surface area contributed by atoms with Crippen molar-refractivity contribution in [2.45, 2.75) is 26.2 Å². The van der Waals surface area contributed by atoms with Gasteiger partial charge in [0, 0.05) is 24.8 Å². The number of rotatable bonds is 7. The van der Waals surface area contributed by atoms with Crippen molar-refractivity contribution < 1.29 is 9.53 Å². The molecule has 4 heteroatoms. The molecule has 0 saturated heterocycles. The average Bonchev–Trinajstić information content (AvgIpc) is 3.20. The van der Waals surface area contributed by atoms with E-state index in [-0.39, 0.29) is 5.91 Å². The molecule has 2 N–H and O–H groups in total. The second kappa shape index (κ2) is 6.45. The first-order valence-electron chi connectivity index (χ1n) is 6.95. The lowest BCUT2D eigenvalue weighted by Gasteiger charge is -2.20. The first-order valence-corrected chi connectivity index (χ1v) is 6.95. The molecule has 1 fully saturated rings. The van der Waals surface area contributed by atoms with Gasteiger partial charge in [-0.3, -0.25) is 4.79 Å². The Morgan fingerprint density at radius 1 is 1.47 bits per heavy atom. The van der Waals surface area contributed by atoms with Gasteiger partial charge in [0.1, 0.15) is 5.75 Å². The molecular weight excluding hydrogens is 240 g/mol. The Balaban J connectivity index is 1.73. The Kier molecular flexibility index (Phi) is 4.66. The molecule has 1 aliphatic rings.